The van der Waals surface area contributed by atoms with Crippen LogP contribution in [0.25, 0.3) is 0 Å². The normalized spacial score (nSPS) is 14.0. The maximum atomic E-state index is 12.1. The van der Waals surface area contributed by atoms with Gasteiger partial charge in [-0.05, 0) is 45.0 Å². The summed E-state index contributed by atoms with van der Waals surface area (Å²) in [5.41, 5.74) is -0.125. The van der Waals surface area contributed by atoms with Crippen molar-refractivity contribution in [2.45, 2.75) is 32.9 Å². The Morgan fingerprint density at radius 1 is 1.04 bits per heavy atom. The number of carbonyl (C=O) groups excluding carboxylic acids is 1. The zero-order valence-electron chi connectivity index (χ0n) is 15.6. The maximum absolute atomic E-state index is 12.1. The molecular weight excluding hydrogens is 387 g/mol. The molecule has 2 aromatic rings. The molecule has 0 radical (unpaired) electrons. The third kappa shape index (κ3) is 6.45. The molecule has 28 heavy (non-hydrogen) atoms. The van der Waals surface area contributed by atoms with Crippen LogP contribution >= 0.6 is 8.09 Å². The second-order valence-electron chi connectivity index (χ2n) is 6.10. The van der Waals surface area contributed by atoms with E-state index in [1.807, 2.05) is 0 Å². The van der Waals surface area contributed by atoms with Gasteiger partial charge >= 0.3 is 14.1 Å². The molecule has 2 rings (SSSR count). The van der Waals surface area contributed by atoms with Crippen LogP contribution < -0.4 is 14.1 Å². The van der Waals surface area contributed by atoms with E-state index in [4.69, 9.17) is 13.8 Å². The maximum Gasteiger partial charge on any atom is 0.590 e. The summed E-state index contributed by atoms with van der Waals surface area (Å²) in [6.07, 6.45) is -0.325. The average Bonchev–Trinajstić information content (AvgIpc) is 2.62. The SMILES string of the molecule is CC(C)OC(=O)[C@H](C)N[P+](O)(Oc1ccccc1)Oc1ccc([N+](=O)[O-])cc1. The molecule has 2 aromatic carbocycles. The summed E-state index contributed by atoms with van der Waals surface area (Å²) < 4.78 is 16.3. The molecular formula is C18H22N2O7P+. The highest BCUT2D eigenvalue weighted by Crippen LogP contribution is 2.52. The largest absolute Gasteiger partial charge is 0.590 e. The molecule has 150 valence electrons. The van der Waals surface area contributed by atoms with Crippen molar-refractivity contribution in [3.05, 3.63) is 64.7 Å². The highest BCUT2D eigenvalue weighted by molar-refractivity contribution is 7.59. The van der Waals surface area contributed by atoms with Crippen molar-refractivity contribution >= 4 is 19.8 Å². The molecule has 0 aromatic heterocycles. The first-order valence-corrected chi connectivity index (χ1v) is 10.0. The fraction of sp³-hybridized carbons (Fsp3) is 0.278. The van der Waals surface area contributed by atoms with Gasteiger partial charge in [-0.25, -0.2) is 0 Å². The van der Waals surface area contributed by atoms with Gasteiger partial charge in [0.25, 0.3) is 5.69 Å². The minimum atomic E-state index is -3.83. The molecule has 0 saturated carbocycles. The lowest BCUT2D eigenvalue weighted by atomic mass is 10.3. The Morgan fingerprint density at radius 3 is 2.07 bits per heavy atom. The molecule has 0 spiro atoms. The first-order chi connectivity index (χ1) is 13.2. The minimum Gasteiger partial charge on any atom is -0.462 e. The van der Waals surface area contributed by atoms with E-state index in [1.165, 1.54) is 31.2 Å². The molecule has 0 bridgehead atoms. The highest BCUT2D eigenvalue weighted by atomic mass is 31.2. The summed E-state index contributed by atoms with van der Waals surface area (Å²) >= 11 is 0. The van der Waals surface area contributed by atoms with E-state index in [1.54, 1.807) is 44.2 Å². The van der Waals surface area contributed by atoms with Gasteiger partial charge in [-0.15, -0.1) is 0 Å². The molecule has 2 atom stereocenters. The third-order valence-corrected chi connectivity index (χ3v) is 4.94. The molecule has 9 nitrogen and oxygen atoms in total. The van der Waals surface area contributed by atoms with Gasteiger partial charge in [0.2, 0.25) is 0 Å². The molecule has 10 heteroatoms. The number of carbonyl (C=O) groups is 1. The number of hydrogen-bond donors (Lipinski definition) is 2. The summed E-state index contributed by atoms with van der Waals surface area (Å²) in [4.78, 5) is 33.3. The molecule has 0 amide bonds. The van der Waals surface area contributed by atoms with Crippen LogP contribution in [0.3, 0.4) is 0 Å². The second kappa shape index (κ2) is 9.45. The Morgan fingerprint density at radius 2 is 1.57 bits per heavy atom. The van der Waals surface area contributed by atoms with Crippen LogP contribution in [0.4, 0.5) is 5.69 Å². The smallest absolute Gasteiger partial charge is 0.462 e. The van der Waals surface area contributed by atoms with Gasteiger partial charge in [0.05, 0.1) is 11.0 Å². The number of nitro groups is 1. The van der Waals surface area contributed by atoms with Crippen LogP contribution in [0.15, 0.2) is 54.6 Å². The van der Waals surface area contributed by atoms with Gasteiger partial charge in [0, 0.05) is 12.1 Å². The lowest BCUT2D eigenvalue weighted by Gasteiger charge is -2.21. The Bertz CT molecular complexity index is 801. The molecule has 2 N–H and O–H groups in total. The van der Waals surface area contributed by atoms with E-state index < -0.39 is 25.0 Å². The van der Waals surface area contributed by atoms with Crippen molar-refractivity contribution in [2.75, 3.05) is 0 Å². The summed E-state index contributed by atoms with van der Waals surface area (Å²) in [5.74, 6) is -0.135. The van der Waals surface area contributed by atoms with Gasteiger partial charge < -0.3 is 4.74 Å². The van der Waals surface area contributed by atoms with Crippen molar-refractivity contribution in [3.8, 4) is 11.5 Å². The van der Waals surface area contributed by atoms with Crippen LogP contribution in [0.1, 0.15) is 20.8 Å². The topological polar surface area (TPSA) is 120 Å². The van der Waals surface area contributed by atoms with Crippen molar-refractivity contribution in [3.63, 3.8) is 0 Å². The second-order valence-corrected chi connectivity index (χ2v) is 7.77. The molecule has 0 aliphatic carbocycles. The first-order valence-electron chi connectivity index (χ1n) is 8.47. The zero-order valence-corrected chi connectivity index (χ0v) is 16.5. The summed E-state index contributed by atoms with van der Waals surface area (Å²) in [6.45, 7) is 4.92. The molecule has 0 aliphatic rings. The predicted octanol–water partition coefficient (Wildman–Crippen LogP) is 3.65. The Labute approximate surface area is 163 Å². The predicted molar refractivity (Wildman–Crippen MR) is 104 cm³/mol. The number of nitrogens with zero attached hydrogens (tertiary/aromatic N) is 1. The molecule has 0 aliphatic heterocycles. The lowest BCUT2D eigenvalue weighted by Crippen LogP contribution is -2.39. The van der Waals surface area contributed by atoms with Crippen LogP contribution in [0.5, 0.6) is 11.5 Å². The summed E-state index contributed by atoms with van der Waals surface area (Å²) in [6, 6.07) is 12.6. The number of nitro benzene ring substituents is 1. The Balaban J connectivity index is 2.22. The van der Waals surface area contributed by atoms with E-state index in [-0.39, 0.29) is 17.5 Å². The average molecular weight is 409 g/mol. The number of benzene rings is 2. The molecule has 0 saturated heterocycles. The number of esters is 1. The fourth-order valence-corrected chi connectivity index (χ4v) is 3.65. The molecule has 1 unspecified atom stereocenters. The standard InChI is InChI=1S/C18H22N2O7P/c1-13(2)25-18(21)14(3)19-28(24,26-16-7-5-4-6-8-16)27-17-11-9-15(10-12-17)20(22)23/h4-14,19,24H,1-3H3/q+1/t14-,28?/m0/s1. The van der Waals surface area contributed by atoms with Crippen LogP contribution in [0.2, 0.25) is 0 Å². The quantitative estimate of drug-likeness (QED) is 0.279. The molecule has 0 fully saturated rings. The fourth-order valence-electron chi connectivity index (χ4n) is 2.10. The van der Waals surface area contributed by atoms with Gasteiger partial charge in [-0.2, -0.15) is 4.89 Å². The Kier molecular flexibility index (Phi) is 7.28. The van der Waals surface area contributed by atoms with Gasteiger partial charge in [0.15, 0.2) is 11.5 Å². The number of non-ortho nitro benzene ring substituents is 1. The monoisotopic (exact) mass is 409 g/mol. The van der Waals surface area contributed by atoms with E-state index in [2.05, 4.69) is 5.09 Å². The van der Waals surface area contributed by atoms with Crippen molar-refractivity contribution < 1.29 is 28.4 Å². The van der Waals surface area contributed by atoms with Crippen LogP contribution in [-0.2, 0) is 9.53 Å². The van der Waals surface area contributed by atoms with Gasteiger partial charge in [0.1, 0.15) is 6.04 Å². The van der Waals surface area contributed by atoms with Crippen LogP contribution in [0, 0.1) is 10.1 Å². The lowest BCUT2D eigenvalue weighted by molar-refractivity contribution is -0.384. The van der Waals surface area contributed by atoms with E-state index in [0.717, 1.165) is 0 Å². The van der Waals surface area contributed by atoms with Gasteiger partial charge in [-0.1, -0.05) is 23.3 Å². The summed E-state index contributed by atoms with van der Waals surface area (Å²) in [5, 5.41) is 13.4. The minimum absolute atomic E-state index is 0.125. The van der Waals surface area contributed by atoms with Gasteiger partial charge in [-0.3, -0.25) is 24.0 Å². The number of rotatable bonds is 9. The van der Waals surface area contributed by atoms with E-state index in [0.29, 0.717) is 5.75 Å². The number of hydrogen-bond acceptors (Lipinski definition) is 8. The van der Waals surface area contributed by atoms with Crippen molar-refractivity contribution in [2.24, 2.45) is 0 Å². The number of para-hydroxylation sites is 1. The number of nitrogens with one attached hydrogen (secondary N) is 1. The Hall–Kier alpha value is -2.74. The highest BCUT2D eigenvalue weighted by Gasteiger charge is 2.48. The molecule has 0 heterocycles. The van der Waals surface area contributed by atoms with Crippen molar-refractivity contribution in [1.82, 2.24) is 5.09 Å². The van der Waals surface area contributed by atoms with E-state index >= 15 is 0 Å². The van der Waals surface area contributed by atoms with Crippen LogP contribution in [-0.4, -0.2) is 27.9 Å². The third-order valence-electron chi connectivity index (χ3n) is 3.31. The summed E-state index contributed by atoms with van der Waals surface area (Å²) in [7, 11) is -3.83. The number of ether oxygens (including phenoxy) is 1. The van der Waals surface area contributed by atoms with E-state index in [9.17, 15) is 19.8 Å². The van der Waals surface area contributed by atoms with Crippen molar-refractivity contribution in [1.29, 1.82) is 0 Å². The first kappa shape index (κ1) is 21.6. The zero-order chi connectivity index (χ0) is 20.7.